The molecule has 0 saturated heterocycles. The zero-order valence-corrected chi connectivity index (χ0v) is 12.3. The molecule has 0 aromatic heterocycles. The van der Waals surface area contributed by atoms with Crippen LogP contribution < -0.4 is 15.8 Å². The first-order chi connectivity index (χ1) is 9.58. The van der Waals surface area contributed by atoms with Crippen LogP contribution in [0.4, 0.5) is 0 Å². The third-order valence-corrected chi connectivity index (χ3v) is 4.07. The van der Waals surface area contributed by atoms with Crippen LogP contribution in [0, 0.1) is 0 Å². The zero-order chi connectivity index (χ0) is 14.6. The van der Waals surface area contributed by atoms with E-state index in [0.29, 0.717) is 12.6 Å². The Balaban J connectivity index is 2.33. The Hall–Kier alpha value is -1.55. The predicted octanol–water partition coefficient (Wildman–Crippen LogP) is 2.32. The van der Waals surface area contributed by atoms with Crippen LogP contribution in [-0.4, -0.2) is 18.6 Å². The number of benzene rings is 1. The molecule has 4 heteroatoms. The van der Waals surface area contributed by atoms with E-state index in [1.165, 1.54) is 12.8 Å². The van der Waals surface area contributed by atoms with Crippen molar-refractivity contribution in [3.05, 3.63) is 29.8 Å². The van der Waals surface area contributed by atoms with Crippen molar-refractivity contribution in [2.24, 2.45) is 5.73 Å². The molecular weight excluding hydrogens is 252 g/mol. The first kappa shape index (κ1) is 14.9. The van der Waals surface area contributed by atoms with E-state index in [4.69, 9.17) is 10.5 Å². The van der Waals surface area contributed by atoms with Crippen LogP contribution in [0.25, 0.3) is 0 Å². The molecule has 4 nitrogen and oxygen atoms in total. The molecular formula is C16H24N2O2. The van der Waals surface area contributed by atoms with E-state index >= 15 is 0 Å². The van der Waals surface area contributed by atoms with Gasteiger partial charge in [0.15, 0.2) is 0 Å². The summed E-state index contributed by atoms with van der Waals surface area (Å²) in [6.45, 7) is 4.35. The second-order valence-corrected chi connectivity index (χ2v) is 5.54. The molecule has 0 radical (unpaired) electrons. The second kappa shape index (κ2) is 6.27. The van der Waals surface area contributed by atoms with E-state index < -0.39 is 5.54 Å². The van der Waals surface area contributed by atoms with Crippen molar-refractivity contribution in [1.29, 1.82) is 0 Å². The van der Waals surface area contributed by atoms with Gasteiger partial charge >= 0.3 is 0 Å². The smallest absolute Gasteiger partial charge is 0.242 e. The maximum absolute atomic E-state index is 12.1. The molecule has 1 aliphatic rings. The lowest BCUT2D eigenvalue weighted by molar-refractivity contribution is -0.124. The third-order valence-electron chi connectivity index (χ3n) is 4.07. The summed E-state index contributed by atoms with van der Waals surface area (Å²) in [7, 11) is 0. The van der Waals surface area contributed by atoms with Gasteiger partial charge in [-0.3, -0.25) is 10.1 Å². The average Bonchev–Trinajstić information content (AvgIpc) is 2.92. The number of amides is 1. The standard InChI is InChI=1S/C16H24N2O2/c1-3-20-14-11-7-6-10-13(14)16(2,15(17)19)18-12-8-4-5-9-12/h6-7,10-12,18H,3-5,8-9H2,1-2H3,(H2,17,19). The predicted molar refractivity (Wildman–Crippen MR) is 79.5 cm³/mol. The number of carbonyl (C=O) groups is 1. The van der Waals surface area contributed by atoms with Crippen LogP contribution in [0.2, 0.25) is 0 Å². The minimum absolute atomic E-state index is 0.349. The number of para-hydroxylation sites is 1. The van der Waals surface area contributed by atoms with Gasteiger partial charge in [-0.1, -0.05) is 31.0 Å². The van der Waals surface area contributed by atoms with Crippen molar-refractivity contribution < 1.29 is 9.53 Å². The zero-order valence-electron chi connectivity index (χ0n) is 12.3. The lowest BCUT2D eigenvalue weighted by atomic mass is 9.89. The number of hydrogen-bond donors (Lipinski definition) is 2. The lowest BCUT2D eigenvalue weighted by Crippen LogP contribution is -2.53. The van der Waals surface area contributed by atoms with Crippen molar-refractivity contribution >= 4 is 5.91 Å². The van der Waals surface area contributed by atoms with Crippen molar-refractivity contribution in [2.45, 2.75) is 51.1 Å². The molecule has 110 valence electrons. The summed E-state index contributed by atoms with van der Waals surface area (Å²) in [6.07, 6.45) is 4.61. The third kappa shape index (κ3) is 2.96. The molecule has 1 aromatic rings. The summed E-state index contributed by atoms with van der Waals surface area (Å²) in [4.78, 5) is 12.1. The van der Waals surface area contributed by atoms with E-state index in [1.54, 1.807) is 0 Å². The Kier molecular flexibility index (Phi) is 4.65. The maximum atomic E-state index is 12.1. The first-order valence-corrected chi connectivity index (χ1v) is 7.38. The number of hydrogen-bond acceptors (Lipinski definition) is 3. The number of primary amides is 1. The number of nitrogens with one attached hydrogen (secondary N) is 1. The molecule has 0 spiro atoms. The molecule has 1 fully saturated rings. The fourth-order valence-corrected chi connectivity index (χ4v) is 2.92. The minimum atomic E-state index is -0.888. The average molecular weight is 276 g/mol. The summed E-state index contributed by atoms with van der Waals surface area (Å²) in [5.74, 6) is 0.360. The van der Waals surface area contributed by atoms with Gasteiger partial charge in [0, 0.05) is 11.6 Å². The van der Waals surface area contributed by atoms with Crippen LogP contribution in [0.15, 0.2) is 24.3 Å². The highest BCUT2D eigenvalue weighted by molar-refractivity contribution is 5.86. The summed E-state index contributed by atoms with van der Waals surface area (Å²) < 4.78 is 5.65. The fourth-order valence-electron chi connectivity index (χ4n) is 2.92. The Bertz CT molecular complexity index is 469. The monoisotopic (exact) mass is 276 g/mol. The van der Waals surface area contributed by atoms with Gasteiger partial charge in [-0.2, -0.15) is 0 Å². The highest BCUT2D eigenvalue weighted by Gasteiger charge is 2.38. The molecule has 0 bridgehead atoms. The Morgan fingerprint density at radius 2 is 2.05 bits per heavy atom. The number of ether oxygens (including phenoxy) is 1. The molecule has 1 saturated carbocycles. The van der Waals surface area contributed by atoms with Gasteiger partial charge in [0.2, 0.25) is 5.91 Å². The molecule has 1 aromatic carbocycles. The number of rotatable bonds is 6. The summed E-state index contributed by atoms with van der Waals surface area (Å²) >= 11 is 0. The molecule has 1 atom stereocenters. The van der Waals surface area contributed by atoms with Gasteiger partial charge in [0.05, 0.1) is 6.61 Å². The quantitative estimate of drug-likeness (QED) is 0.838. The molecule has 1 aliphatic carbocycles. The topological polar surface area (TPSA) is 64.3 Å². The molecule has 0 aliphatic heterocycles. The van der Waals surface area contributed by atoms with E-state index in [2.05, 4.69) is 5.32 Å². The van der Waals surface area contributed by atoms with Crippen molar-refractivity contribution in [1.82, 2.24) is 5.32 Å². The Morgan fingerprint density at radius 1 is 1.40 bits per heavy atom. The minimum Gasteiger partial charge on any atom is -0.494 e. The largest absolute Gasteiger partial charge is 0.494 e. The molecule has 3 N–H and O–H groups in total. The van der Waals surface area contributed by atoms with Gasteiger partial charge in [-0.15, -0.1) is 0 Å². The lowest BCUT2D eigenvalue weighted by Gasteiger charge is -2.32. The van der Waals surface area contributed by atoms with E-state index in [0.717, 1.165) is 24.2 Å². The van der Waals surface area contributed by atoms with Crippen molar-refractivity contribution in [2.75, 3.05) is 6.61 Å². The van der Waals surface area contributed by atoms with E-state index in [9.17, 15) is 4.79 Å². The highest BCUT2D eigenvalue weighted by Crippen LogP contribution is 2.32. The first-order valence-electron chi connectivity index (χ1n) is 7.38. The molecule has 0 heterocycles. The van der Waals surface area contributed by atoms with E-state index in [-0.39, 0.29) is 5.91 Å². The SMILES string of the molecule is CCOc1ccccc1C(C)(NC1CCCC1)C(N)=O. The number of nitrogens with two attached hydrogens (primary N) is 1. The van der Waals surface area contributed by atoms with Crippen LogP contribution in [0.3, 0.4) is 0 Å². The van der Waals surface area contributed by atoms with E-state index in [1.807, 2.05) is 38.1 Å². The molecule has 20 heavy (non-hydrogen) atoms. The van der Waals surface area contributed by atoms with Crippen LogP contribution in [-0.2, 0) is 10.3 Å². The van der Waals surface area contributed by atoms with Crippen molar-refractivity contribution in [3.8, 4) is 5.75 Å². The van der Waals surface area contributed by atoms with Crippen LogP contribution >= 0.6 is 0 Å². The second-order valence-electron chi connectivity index (χ2n) is 5.54. The van der Waals surface area contributed by atoms with Crippen LogP contribution in [0.1, 0.15) is 45.1 Å². The van der Waals surface area contributed by atoms with Gasteiger partial charge in [0.25, 0.3) is 0 Å². The van der Waals surface area contributed by atoms with Gasteiger partial charge in [-0.25, -0.2) is 0 Å². The number of carbonyl (C=O) groups excluding carboxylic acids is 1. The van der Waals surface area contributed by atoms with Crippen LogP contribution in [0.5, 0.6) is 5.75 Å². The normalized spacial score (nSPS) is 18.7. The van der Waals surface area contributed by atoms with Crippen molar-refractivity contribution in [3.63, 3.8) is 0 Å². The summed E-state index contributed by atoms with van der Waals surface area (Å²) in [5.41, 5.74) is 5.62. The Morgan fingerprint density at radius 3 is 2.65 bits per heavy atom. The summed E-state index contributed by atoms with van der Waals surface area (Å²) in [5, 5.41) is 3.45. The molecule has 2 rings (SSSR count). The Labute approximate surface area is 120 Å². The van der Waals surface area contributed by atoms with Gasteiger partial charge < -0.3 is 10.5 Å². The molecule has 1 amide bonds. The summed E-state index contributed by atoms with van der Waals surface area (Å²) in [6, 6.07) is 7.97. The van der Waals surface area contributed by atoms with Gasteiger partial charge in [0.1, 0.15) is 11.3 Å². The highest BCUT2D eigenvalue weighted by atomic mass is 16.5. The molecule has 1 unspecified atom stereocenters. The fraction of sp³-hybridized carbons (Fsp3) is 0.562. The maximum Gasteiger partial charge on any atom is 0.242 e. The van der Waals surface area contributed by atoms with Gasteiger partial charge in [-0.05, 0) is 32.8 Å².